The summed E-state index contributed by atoms with van der Waals surface area (Å²) in [6.07, 6.45) is -4.58. The summed E-state index contributed by atoms with van der Waals surface area (Å²) in [5, 5.41) is 2.61. The molecule has 0 bridgehead atoms. The number of nitrogens with one attached hydrogen (secondary N) is 2. The summed E-state index contributed by atoms with van der Waals surface area (Å²) >= 11 is 5.59. The summed E-state index contributed by atoms with van der Waals surface area (Å²) in [5.41, 5.74) is 0.992. The quantitative estimate of drug-likeness (QED) is 0.455. The van der Waals surface area contributed by atoms with Crippen LogP contribution in [-0.4, -0.2) is 4.98 Å². The van der Waals surface area contributed by atoms with Crippen molar-refractivity contribution in [2.45, 2.75) is 6.18 Å². The maximum atomic E-state index is 13.6. The molecule has 0 amide bonds. The Bertz CT molecular complexity index is 660. The van der Waals surface area contributed by atoms with Gasteiger partial charge in [0.2, 0.25) is 0 Å². The van der Waals surface area contributed by atoms with Crippen LogP contribution < -0.4 is 16.6 Å². The van der Waals surface area contributed by atoms with Gasteiger partial charge >= 0.3 is 6.18 Å². The minimum atomic E-state index is -4.58. The average Bonchev–Trinajstić information content (AvgIpc) is 2.40. The molecule has 1 heterocycles. The van der Waals surface area contributed by atoms with Crippen LogP contribution in [-0.2, 0) is 6.18 Å². The van der Waals surface area contributed by atoms with E-state index in [-0.39, 0.29) is 22.3 Å². The highest BCUT2D eigenvalue weighted by atomic mass is 35.5. The molecule has 1 aromatic carbocycles. The third-order valence-corrected chi connectivity index (χ3v) is 2.73. The molecule has 4 N–H and O–H groups in total. The predicted octanol–water partition coefficient (Wildman–Crippen LogP) is 3.92. The molecule has 9 heteroatoms. The van der Waals surface area contributed by atoms with Crippen LogP contribution in [0.25, 0.3) is 0 Å². The molecule has 4 nitrogen and oxygen atoms in total. The molecule has 0 atom stereocenters. The first kappa shape index (κ1) is 15.3. The average molecular weight is 321 g/mol. The van der Waals surface area contributed by atoms with Crippen molar-refractivity contribution in [2.75, 3.05) is 10.7 Å². The second kappa shape index (κ2) is 5.74. The lowest BCUT2D eigenvalue weighted by Crippen LogP contribution is -2.13. The fourth-order valence-corrected chi connectivity index (χ4v) is 1.72. The molecule has 0 aliphatic carbocycles. The molecule has 0 radical (unpaired) electrons. The van der Waals surface area contributed by atoms with E-state index in [1.807, 2.05) is 5.43 Å². The molecule has 0 saturated carbocycles. The minimum Gasteiger partial charge on any atom is -0.338 e. The largest absolute Gasteiger partial charge is 0.416 e. The maximum absolute atomic E-state index is 13.6. The van der Waals surface area contributed by atoms with Gasteiger partial charge in [0.25, 0.3) is 0 Å². The third kappa shape index (κ3) is 3.73. The van der Waals surface area contributed by atoms with Crippen molar-refractivity contribution in [3.8, 4) is 0 Å². The third-order valence-electron chi connectivity index (χ3n) is 2.49. The molecule has 2 rings (SSSR count). The van der Waals surface area contributed by atoms with E-state index < -0.39 is 17.6 Å². The first-order valence-corrected chi connectivity index (χ1v) is 5.95. The number of anilines is 3. The van der Waals surface area contributed by atoms with Crippen molar-refractivity contribution < 1.29 is 17.6 Å². The molecule has 0 fully saturated rings. The molecule has 1 aromatic heterocycles. The highest BCUT2D eigenvalue weighted by molar-refractivity contribution is 6.30. The molecule has 0 aliphatic rings. The zero-order valence-electron chi connectivity index (χ0n) is 10.3. The Morgan fingerprint density at radius 3 is 2.33 bits per heavy atom. The summed E-state index contributed by atoms with van der Waals surface area (Å²) in [4.78, 5) is 3.78. The number of nitrogen functional groups attached to an aromatic ring is 1. The lowest BCUT2D eigenvalue weighted by atomic mass is 10.2. The van der Waals surface area contributed by atoms with Crippen LogP contribution in [0.4, 0.5) is 34.9 Å². The molecular formula is C12H9ClF4N4. The lowest BCUT2D eigenvalue weighted by molar-refractivity contribution is -0.137. The van der Waals surface area contributed by atoms with E-state index in [4.69, 9.17) is 17.4 Å². The van der Waals surface area contributed by atoms with Crippen LogP contribution in [0, 0.1) is 5.82 Å². The second-order valence-corrected chi connectivity index (χ2v) is 4.45. The van der Waals surface area contributed by atoms with E-state index >= 15 is 0 Å². The summed E-state index contributed by atoms with van der Waals surface area (Å²) in [7, 11) is 0. The van der Waals surface area contributed by atoms with E-state index in [0.29, 0.717) is 0 Å². The molecule has 0 spiro atoms. The lowest BCUT2D eigenvalue weighted by Gasteiger charge is -2.13. The number of hydrazine groups is 1. The Balaban J connectivity index is 2.39. The van der Waals surface area contributed by atoms with Crippen molar-refractivity contribution in [3.05, 3.63) is 46.7 Å². The standard InChI is InChI=1S/C12H9ClF4N4/c13-7-1-2-9(8(14)5-7)19-10-3-6(12(15,16)17)4-11(20-10)21-18/h1-5H,18H2,(H2,19,20,21). The van der Waals surface area contributed by atoms with Gasteiger partial charge < -0.3 is 10.7 Å². The molecule has 0 aliphatic heterocycles. The number of halogens is 5. The Labute approximate surface area is 121 Å². The summed E-state index contributed by atoms with van der Waals surface area (Å²) in [5.74, 6) is 3.94. The zero-order chi connectivity index (χ0) is 15.6. The number of aromatic nitrogens is 1. The summed E-state index contributed by atoms with van der Waals surface area (Å²) < 4.78 is 51.8. The number of pyridine rings is 1. The Morgan fingerprint density at radius 2 is 1.76 bits per heavy atom. The summed E-state index contributed by atoms with van der Waals surface area (Å²) in [6.45, 7) is 0. The monoisotopic (exact) mass is 320 g/mol. The number of nitrogens with two attached hydrogens (primary N) is 1. The molecule has 2 aromatic rings. The van der Waals surface area contributed by atoms with E-state index in [1.54, 1.807) is 0 Å². The van der Waals surface area contributed by atoms with Gasteiger partial charge in [-0.1, -0.05) is 11.6 Å². The normalized spacial score (nSPS) is 11.3. The van der Waals surface area contributed by atoms with Gasteiger partial charge in [-0.05, 0) is 30.3 Å². The van der Waals surface area contributed by atoms with Crippen molar-refractivity contribution in [1.82, 2.24) is 4.98 Å². The first-order chi connectivity index (χ1) is 9.79. The number of nitrogens with zero attached hydrogens (tertiary/aromatic N) is 1. The topological polar surface area (TPSA) is 63.0 Å². The minimum absolute atomic E-state index is 0.0609. The van der Waals surface area contributed by atoms with Crippen LogP contribution in [0.15, 0.2) is 30.3 Å². The maximum Gasteiger partial charge on any atom is 0.416 e. The molecular weight excluding hydrogens is 312 g/mol. The van der Waals surface area contributed by atoms with Crippen LogP contribution in [0.3, 0.4) is 0 Å². The van der Waals surface area contributed by atoms with Crippen LogP contribution in [0.5, 0.6) is 0 Å². The van der Waals surface area contributed by atoms with Gasteiger partial charge in [-0.3, -0.25) is 0 Å². The Hall–Kier alpha value is -2.06. The van der Waals surface area contributed by atoms with Gasteiger partial charge in [-0.15, -0.1) is 0 Å². The van der Waals surface area contributed by atoms with E-state index in [2.05, 4.69) is 10.3 Å². The molecule has 0 unspecified atom stereocenters. The number of benzene rings is 1. The number of hydrogen-bond acceptors (Lipinski definition) is 4. The van der Waals surface area contributed by atoms with Gasteiger partial charge in [0, 0.05) is 5.02 Å². The Kier molecular flexibility index (Phi) is 4.19. The van der Waals surface area contributed by atoms with Gasteiger partial charge in [-0.2, -0.15) is 13.2 Å². The van der Waals surface area contributed by atoms with Crippen LogP contribution in [0.1, 0.15) is 5.56 Å². The van der Waals surface area contributed by atoms with Crippen molar-refractivity contribution in [2.24, 2.45) is 5.84 Å². The van der Waals surface area contributed by atoms with E-state index in [0.717, 1.165) is 18.2 Å². The van der Waals surface area contributed by atoms with Crippen molar-refractivity contribution >= 4 is 28.9 Å². The predicted molar refractivity (Wildman–Crippen MR) is 71.7 cm³/mol. The van der Waals surface area contributed by atoms with Crippen molar-refractivity contribution in [1.29, 1.82) is 0 Å². The zero-order valence-corrected chi connectivity index (χ0v) is 11.1. The number of alkyl halides is 3. The highest BCUT2D eigenvalue weighted by Crippen LogP contribution is 2.33. The fourth-order valence-electron chi connectivity index (χ4n) is 1.56. The SMILES string of the molecule is NNc1cc(C(F)(F)F)cc(Nc2ccc(Cl)cc2F)n1. The first-order valence-electron chi connectivity index (χ1n) is 5.57. The van der Waals surface area contributed by atoms with Gasteiger partial charge in [-0.25, -0.2) is 15.2 Å². The van der Waals surface area contributed by atoms with Gasteiger partial charge in [0.1, 0.15) is 17.5 Å². The molecule has 21 heavy (non-hydrogen) atoms. The molecule has 0 saturated heterocycles. The summed E-state index contributed by atoms with van der Waals surface area (Å²) in [6, 6.07) is 5.19. The highest BCUT2D eigenvalue weighted by Gasteiger charge is 2.31. The van der Waals surface area contributed by atoms with Crippen LogP contribution >= 0.6 is 11.6 Å². The Morgan fingerprint density at radius 1 is 1.10 bits per heavy atom. The van der Waals surface area contributed by atoms with E-state index in [1.165, 1.54) is 12.1 Å². The van der Waals surface area contributed by atoms with Gasteiger partial charge in [0.15, 0.2) is 0 Å². The van der Waals surface area contributed by atoms with E-state index in [9.17, 15) is 17.6 Å². The molecule has 112 valence electrons. The second-order valence-electron chi connectivity index (χ2n) is 4.02. The van der Waals surface area contributed by atoms with Crippen molar-refractivity contribution in [3.63, 3.8) is 0 Å². The number of rotatable bonds is 3. The fraction of sp³-hybridized carbons (Fsp3) is 0.0833. The smallest absolute Gasteiger partial charge is 0.338 e. The number of hydrogen-bond donors (Lipinski definition) is 3. The van der Waals surface area contributed by atoms with Gasteiger partial charge in [0.05, 0.1) is 11.3 Å². The van der Waals surface area contributed by atoms with Crippen LogP contribution in [0.2, 0.25) is 5.02 Å².